The maximum absolute atomic E-state index is 11.8. The molecule has 1 atom stereocenters. The van der Waals surface area contributed by atoms with Crippen molar-refractivity contribution in [2.75, 3.05) is 6.54 Å². The van der Waals surface area contributed by atoms with Gasteiger partial charge in [-0.2, -0.15) is 0 Å². The van der Waals surface area contributed by atoms with Gasteiger partial charge >= 0.3 is 5.97 Å². The van der Waals surface area contributed by atoms with Gasteiger partial charge in [0.15, 0.2) is 5.60 Å². The number of nitrogens with one attached hydrogen (secondary N) is 1. The predicted octanol–water partition coefficient (Wildman–Crippen LogP) is 1.21. The van der Waals surface area contributed by atoms with Crippen molar-refractivity contribution in [2.45, 2.75) is 19.4 Å². The van der Waals surface area contributed by atoms with Gasteiger partial charge in [0.25, 0.3) is 5.91 Å². The summed E-state index contributed by atoms with van der Waals surface area (Å²) in [5.41, 5.74) is -1.02. The van der Waals surface area contributed by atoms with Crippen LogP contribution in [0.25, 0.3) is 0 Å². The highest BCUT2D eigenvalue weighted by molar-refractivity contribution is 6.34. The van der Waals surface area contributed by atoms with Crippen LogP contribution in [0.5, 0.6) is 0 Å². The van der Waals surface area contributed by atoms with Crippen molar-refractivity contribution in [3.8, 4) is 0 Å². The zero-order valence-corrected chi connectivity index (χ0v) is 10.8. The normalized spacial score (nSPS) is 13.8. The molecular formula is C12H14ClNO4. The molecule has 1 amide bonds. The molecule has 98 valence electrons. The summed E-state index contributed by atoms with van der Waals surface area (Å²) in [6, 6.07) is 4.96. The minimum atomic E-state index is -2.01. The molecule has 1 unspecified atom stereocenters. The molecule has 0 aromatic heterocycles. The number of carboxylic acids is 1. The fourth-order valence-corrected chi connectivity index (χ4v) is 1.46. The number of aliphatic carboxylic acids is 1. The molecule has 18 heavy (non-hydrogen) atoms. The van der Waals surface area contributed by atoms with E-state index in [2.05, 4.69) is 5.32 Å². The lowest BCUT2D eigenvalue weighted by molar-refractivity contribution is -0.155. The third-order valence-electron chi connectivity index (χ3n) is 2.49. The minimum absolute atomic E-state index is 0.248. The van der Waals surface area contributed by atoms with E-state index < -0.39 is 24.0 Å². The van der Waals surface area contributed by atoms with Crippen LogP contribution < -0.4 is 5.32 Å². The van der Waals surface area contributed by atoms with Crippen molar-refractivity contribution in [3.63, 3.8) is 0 Å². The van der Waals surface area contributed by atoms with Gasteiger partial charge in [-0.3, -0.25) is 4.79 Å². The SMILES string of the molecule is Cc1cccc(C(=O)NCC(C)(O)C(=O)O)c1Cl. The second-order valence-electron chi connectivity index (χ2n) is 4.20. The standard InChI is InChI=1S/C12H14ClNO4/c1-7-4-3-5-8(9(7)13)10(15)14-6-12(2,18)11(16)17/h3-5,18H,6H2,1-2H3,(H,14,15)(H,16,17). The van der Waals surface area contributed by atoms with E-state index in [0.717, 1.165) is 12.5 Å². The van der Waals surface area contributed by atoms with E-state index in [1.165, 1.54) is 6.07 Å². The third-order valence-corrected chi connectivity index (χ3v) is 2.99. The molecule has 0 heterocycles. The molecule has 1 rings (SSSR count). The number of aryl methyl sites for hydroxylation is 1. The summed E-state index contributed by atoms with van der Waals surface area (Å²) in [6.45, 7) is 2.46. The quantitative estimate of drug-likeness (QED) is 0.768. The van der Waals surface area contributed by atoms with Gasteiger partial charge in [-0.1, -0.05) is 23.7 Å². The molecule has 5 nitrogen and oxygen atoms in total. The summed E-state index contributed by atoms with van der Waals surface area (Å²) in [5.74, 6) is -1.93. The van der Waals surface area contributed by atoms with Crippen LogP contribution in [0.15, 0.2) is 18.2 Å². The molecular weight excluding hydrogens is 258 g/mol. The van der Waals surface area contributed by atoms with Gasteiger partial charge in [0.1, 0.15) is 0 Å². The smallest absolute Gasteiger partial charge is 0.337 e. The molecule has 0 bridgehead atoms. The predicted molar refractivity (Wildman–Crippen MR) is 66.8 cm³/mol. The number of amides is 1. The van der Waals surface area contributed by atoms with E-state index in [4.69, 9.17) is 16.7 Å². The molecule has 1 aromatic carbocycles. The number of halogens is 1. The highest BCUT2D eigenvalue weighted by Crippen LogP contribution is 2.20. The topological polar surface area (TPSA) is 86.6 Å². The Morgan fingerprint density at radius 2 is 2.06 bits per heavy atom. The summed E-state index contributed by atoms with van der Waals surface area (Å²) >= 11 is 5.96. The van der Waals surface area contributed by atoms with Crippen LogP contribution in [0.4, 0.5) is 0 Å². The Morgan fingerprint density at radius 3 is 2.61 bits per heavy atom. The first kappa shape index (κ1) is 14.5. The van der Waals surface area contributed by atoms with Crippen LogP contribution in [0.2, 0.25) is 5.02 Å². The molecule has 0 saturated heterocycles. The molecule has 3 N–H and O–H groups in total. The summed E-state index contributed by atoms with van der Waals surface area (Å²) in [6.07, 6.45) is 0. The van der Waals surface area contributed by atoms with Crippen molar-refractivity contribution < 1.29 is 19.8 Å². The zero-order valence-electron chi connectivity index (χ0n) is 10.0. The van der Waals surface area contributed by atoms with Gasteiger partial charge in [0, 0.05) is 0 Å². The van der Waals surface area contributed by atoms with Crippen molar-refractivity contribution in [2.24, 2.45) is 0 Å². The molecule has 6 heteroatoms. The van der Waals surface area contributed by atoms with Crippen molar-refractivity contribution >= 4 is 23.5 Å². The van der Waals surface area contributed by atoms with E-state index >= 15 is 0 Å². The monoisotopic (exact) mass is 271 g/mol. The van der Waals surface area contributed by atoms with Crippen LogP contribution in [0, 0.1) is 6.92 Å². The van der Waals surface area contributed by atoms with Gasteiger partial charge in [0.2, 0.25) is 0 Å². The van der Waals surface area contributed by atoms with E-state index in [1.807, 2.05) is 0 Å². The largest absolute Gasteiger partial charge is 0.479 e. The first-order chi connectivity index (χ1) is 8.25. The summed E-state index contributed by atoms with van der Waals surface area (Å²) in [5, 5.41) is 20.8. The molecule has 0 spiro atoms. The second kappa shape index (κ2) is 5.37. The first-order valence-electron chi connectivity index (χ1n) is 5.25. The van der Waals surface area contributed by atoms with Crippen LogP contribution in [-0.4, -0.2) is 34.2 Å². The Labute approximate surface area is 109 Å². The molecule has 0 fully saturated rings. The maximum atomic E-state index is 11.8. The summed E-state index contributed by atoms with van der Waals surface area (Å²) < 4.78 is 0. The van der Waals surface area contributed by atoms with E-state index in [0.29, 0.717) is 5.02 Å². The molecule has 0 aliphatic rings. The summed E-state index contributed by atoms with van der Waals surface area (Å²) in [4.78, 5) is 22.5. The van der Waals surface area contributed by atoms with Gasteiger partial charge in [-0.25, -0.2) is 4.79 Å². The minimum Gasteiger partial charge on any atom is -0.479 e. The number of carbonyl (C=O) groups excluding carboxylic acids is 1. The average Bonchev–Trinajstić information content (AvgIpc) is 2.29. The van der Waals surface area contributed by atoms with Crippen LogP contribution in [0.1, 0.15) is 22.8 Å². The number of rotatable bonds is 4. The Hall–Kier alpha value is -1.59. The maximum Gasteiger partial charge on any atom is 0.337 e. The molecule has 0 aliphatic heterocycles. The number of hydrogen-bond acceptors (Lipinski definition) is 3. The van der Waals surface area contributed by atoms with Crippen LogP contribution in [-0.2, 0) is 4.79 Å². The van der Waals surface area contributed by atoms with E-state index in [-0.39, 0.29) is 5.56 Å². The molecule has 1 aromatic rings. The molecule has 0 radical (unpaired) electrons. The number of hydrogen-bond donors (Lipinski definition) is 3. The van der Waals surface area contributed by atoms with E-state index in [9.17, 15) is 14.7 Å². The van der Waals surface area contributed by atoms with Crippen molar-refractivity contribution in [1.29, 1.82) is 0 Å². The van der Waals surface area contributed by atoms with Crippen molar-refractivity contribution in [3.05, 3.63) is 34.3 Å². The first-order valence-corrected chi connectivity index (χ1v) is 5.62. The molecule has 0 aliphatic carbocycles. The Kier molecular flexibility index (Phi) is 4.32. The van der Waals surface area contributed by atoms with E-state index in [1.54, 1.807) is 19.1 Å². The van der Waals surface area contributed by atoms with Crippen LogP contribution in [0.3, 0.4) is 0 Å². The fraction of sp³-hybridized carbons (Fsp3) is 0.333. The fourth-order valence-electron chi connectivity index (χ4n) is 1.25. The highest BCUT2D eigenvalue weighted by Gasteiger charge is 2.30. The van der Waals surface area contributed by atoms with Gasteiger partial charge in [-0.15, -0.1) is 0 Å². The van der Waals surface area contributed by atoms with Gasteiger partial charge in [0.05, 0.1) is 17.1 Å². The Morgan fingerprint density at radius 1 is 1.44 bits per heavy atom. The van der Waals surface area contributed by atoms with Crippen LogP contribution >= 0.6 is 11.6 Å². The highest BCUT2D eigenvalue weighted by atomic mass is 35.5. The van der Waals surface area contributed by atoms with Gasteiger partial charge < -0.3 is 15.5 Å². The second-order valence-corrected chi connectivity index (χ2v) is 4.58. The molecule has 0 saturated carbocycles. The zero-order chi connectivity index (χ0) is 13.9. The number of benzene rings is 1. The lowest BCUT2D eigenvalue weighted by Crippen LogP contribution is -2.46. The lowest BCUT2D eigenvalue weighted by Gasteiger charge is -2.18. The van der Waals surface area contributed by atoms with Gasteiger partial charge in [-0.05, 0) is 25.5 Å². The Bertz CT molecular complexity index is 485. The number of carboxylic acid groups (broad SMARTS) is 1. The summed E-state index contributed by atoms with van der Waals surface area (Å²) in [7, 11) is 0. The number of carbonyl (C=O) groups is 2. The number of aliphatic hydroxyl groups is 1. The Balaban J connectivity index is 2.78. The van der Waals surface area contributed by atoms with Crippen molar-refractivity contribution in [1.82, 2.24) is 5.32 Å². The average molecular weight is 272 g/mol. The lowest BCUT2D eigenvalue weighted by atomic mass is 10.1. The third kappa shape index (κ3) is 3.21.